The van der Waals surface area contributed by atoms with Gasteiger partial charge < -0.3 is 4.42 Å². The zero-order valence-corrected chi connectivity index (χ0v) is 10.8. The topological polar surface area (TPSA) is 47.3 Å². The van der Waals surface area contributed by atoms with E-state index in [1.165, 1.54) is 6.08 Å². The second-order valence-corrected chi connectivity index (χ2v) is 4.31. The summed E-state index contributed by atoms with van der Waals surface area (Å²) in [6.07, 6.45) is 3.07. The second kappa shape index (κ2) is 5.48. The highest BCUT2D eigenvalue weighted by Gasteiger charge is 2.13. The van der Waals surface area contributed by atoms with Gasteiger partial charge in [-0.05, 0) is 37.1 Å². The maximum absolute atomic E-state index is 12.0. The van der Waals surface area contributed by atoms with Crippen LogP contribution in [0, 0.1) is 13.8 Å². The Morgan fingerprint density at radius 1 is 1.16 bits per heavy atom. The number of hydrogen-bond acceptors (Lipinski definition) is 3. The predicted molar refractivity (Wildman–Crippen MR) is 74.3 cm³/mol. The summed E-state index contributed by atoms with van der Waals surface area (Å²) in [5.41, 5.74) is 1.06. The number of aryl methyl sites for hydroxylation is 2. The summed E-state index contributed by atoms with van der Waals surface area (Å²) in [6, 6.07) is 11.1. The minimum absolute atomic E-state index is 0.0952. The second-order valence-electron chi connectivity index (χ2n) is 4.31. The van der Waals surface area contributed by atoms with Crippen molar-refractivity contribution in [1.82, 2.24) is 0 Å². The molecule has 1 aromatic heterocycles. The van der Waals surface area contributed by atoms with E-state index in [0.717, 1.165) is 5.56 Å². The zero-order chi connectivity index (χ0) is 13.8. The Morgan fingerprint density at radius 3 is 2.47 bits per heavy atom. The van der Waals surface area contributed by atoms with Crippen molar-refractivity contribution in [3.8, 4) is 0 Å². The van der Waals surface area contributed by atoms with Crippen LogP contribution in [-0.4, -0.2) is 5.78 Å². The average molecular weight is 254 g/mol. The van der Waals surface area contributed by atoms with Gasteiger partial charge >= 0.3 is 5.63 Å². The Balaban J connectivity index is 2.31. The van der Waals surface area contributed by atoms with Crippen molar-refractivity contribution >= 4 is 11.9 Å². The largest absolute Gasteiger partial charge is 0.428 e. The highest BCUT2D eigenvalue weighted by molar-refractivity contribution is 6.07. The van der Waals surface area contributed by atoms with E-state index in [9.17, 15) is 9.59 Å². The number of carbonyl (C=O) groups excluding carboxylic acids is 1. The molecule has 0 unspecified atom stereocenters. The van der Waals surface area contributed by atoms with Gasteiger partial charge in [-0.15, -0.1) is 0 Å². The first kappa shape index (κ1) is 13.0. The maximum atomic E-state index is 12.0. The standard InChI is InChI=1S/C16H14O3/c1-11-10-12(2)19-16(18)15(11)14(17)9-8-13-6-4-3-5-7-13/h3-10H,1-2H3/b9-8+. The quantitative estimate of drug-likeness (QED) is 0.624. The summed E-state index contributed by atoms with van der Waals surface area (Å²) in [5.74, 6) is 0.168. The van der Waals surface area contributed by atoms with Gasteiger partial charge in [0.05, 0.1) is 0 Å². The molecule has 0 aliphatic heterocycles. The van der Waals surface area contributed by atoms with Gasteiger partial charge in [-0.25, -0.2) is 4.79 Å². The van der Waals surface area contributed by atoms with Crippen LogP contribution < -0.4 is 5.63 Å². The maximum Gasteiger partial charge on any atom is 0.347 e. The number of rotatable bonds is 3. The molecule has 0 aliphatic rings. The van der Waals surface area contributed by atoms with E-state index in [4.69, 9.17) is 4.42 Å². The van der Waals surface area contributed by atoms with Crippen LogP contribution in [-0.2, 0) is 0 Å². The number of allylic oxidation sites excluding steroid dienone is 1. The fraction of sp³-hybridized carbons (Fsp3) is 0.125. The molecule has 0 fully saturated rings. The monoisotopic (exact) mass is 254 g/mol. The molecule has 3 heteroatoms. The van der Waals surface area contributed by atoms with Gasteiger partial charge in [-0.1, -0.05) is 36.4 Å². The third kappa shape index (κ3) is 3.07. The Morgan fingerprint density at radius 2 is 1.84 bits per heavy atom. The van der Waals surface area contributed by atoms with E-state index in [-0.39, 0.29) is 11.3 Å². The van der Waals surface area contributed by atoms with Crippen LogP contribution in [0.25, 0.3) is 6.08 Å². The van der Waals surface area contributed by atoms with Gasteiger partial charge in [0.25, 0.3) is 0 Å². The third-order valence-electron chi connectivity index (χ3n) is 2.75. The molecule has 0 bridgehead atoms. The van der Waals surface area contributed by atoms with Crippen molar-refractivity contribution in [3.63, 3.8) is 0 Å². The van der Waals surface area contributed by atoms with Crippen molar-refractivity contribution in [2.45, 2.75) is 13.8 Å². The van der Waals surface area contributed by atoms with Crippen LogP contribution >= 0.6 is 0 Å². The lowest BCUT2D eigenvalue weighted by molar-refractivity contribution is 0.104. The minimum Gasteiger partial charge on any atom is -0.428 e. The number of benzene rings is 1. The van der Waals surface area contributed by atoms with E-state index in [1.807, 2.05) is 30.3 Å². The van der Waals surface area contributed by atoms with E-state index in [0.29, 0.717) is 11.3 Å². The molecule has 1 heterocycles. The summed E-state index contributed by atoms with van der Waals surface area (Å²) in [4.78, 5) is 23.7. The summed E-state index contributed by atoms with van der Waals surface area (Å²) >= 11 is 0. The molecule has 0 amide bonds. The van der Waals surface area contributed by atoms with Crippen molar-refractivity contribution in [1.29, 1.82) is 0 Å². The minimum atomic E-state index is -0.583. The fourth-order valence-corrected chi connectivity index (χ4v) is 1.88. The first-order valence-electron chi connectivity index (χ1n) is 5.97. The number of ketones is 1. The summed E-state index contributed by atoms with van der Waals surface area (Å²) in [5, 5.41) is 0. The molecule has 0 radical (unpaired) electrons. The predicted octanol–water partition coefficient (Wildman–Crippen LogP) is 3.15. The lowest BCUT2D eigenvalue weighted by Gasteiger charge is -2.00. The van der Waals surface area contributed by atoms with Gasteiger partial charge in [0, 0.05) is 0 Å². The average Bonchev–Trinajstić information content (AvgIpc) is 2.36. The van der Waals surface area contributed by atoms with Crippen molar-refractivity contribution in [2.75, 3.05) is 0 Å². The van der Waals surface area contributed by atoms with E-state index in [1.54, 1.807) is 26.0 Å². The molecule has 96 valence electrons. The molecule has 2 aromatic rings. The van der Waals surface area contributed by atoms with Gasteiger partial charge in [0.15, 0.2) is 5.78 Å². The molecule has 0 saturated heterocycles. The molecule has 0 spiro atoms. The Kier molecular flexibility index (Phi) is 3.76. The molecule has 3 nitrogen and oxygen atoms in total. The Labute approximate surface area is 111 Å². The molecule has 19 heavy (non-hydrogen) atoms. The van der Waals surface area contributed by atoms with Gasteiger partial charge in [-0.2, -0.15) is 0 Å². The van der Waals surface area contributed by atoms with Crippen molar-refractivity contribution in [2.24, 2.45) is 0 Å². The number of carbonyl (C=O) groups is 1. The SMILES string of the molecule is Cc1cc(C)c(C(=O)/C=C/c2ccccc2)c(=O)o1. The Hall–Kier alpha value is -2.42. The van der Waals surface area contributed by atoms with Crippen LogP contribution in [0.1, 0.15) is 27.2 Å². The molecular weight excluding hydrogens is 240 g/mol. The molecule has 1 aromatic carbocycles. The number of hydrogen-bond donors (Lipinski definition) is 0. The first-order valence-corrected chi connectivity index (χ1v) is 5.97. The van der Waals surface area contributed by atoms with Gasteiger partial charge in [0.2, 0.25) is 0 Å². The highest BCUT2D eigenvalue weighted by atomic mass is 16.4. The van der Waals surface area contributed by atoms with E-state index in [2.05, 4.69) is 0 Å². The zero-order valence-electron chi connectivity index (χ0n) is 10.8. The lowest BCUT2D eigenvalue weighted by Crippen LogP contribution is -2.15. The molecule has 0 aliphatic carbocycles. The van der Waals surface area contributed by atoms with Gasteiger partial charge in [-0.3, -0.25) is 4.79 Å². The van der Waals surface area contributed by atoms with Crippen molar-refractivity contribution < 1.29 is 9.21 Å². The highest BCUT2D eigenvalue weighted by Crippen LogP contribution is 2.08. The molecule has 0 atom stereocenters. The van der Waals surface area contributed by atoms with E-state index < -0.39 is 5.63 Å². The molecule has 0 N–H and O–H groups in total. The summed E-state index contributed by atoms with van der Waals surface area (Å²) in [7, 11) is 0. The molecule has 0 saturated carbocycles. The smallest absolute Gasteiger partial charge is 0.347 e. The third-order valence-corrected chi connectivity index (χ3v) is 2.75. The lowest BCUT2D eigenvalue weighted by atomic mass is 10.1. The fourth-order valence-electron chi connectivity index (χ4n) is 1.88. The van der Waals surface area contributed by atoms with Crippen LogP contribution in [0.4, 0.5) is 0 Å². The molecule has 2 rings (SSSR count). The first-order chi connectivity index (χ1) is 9.08. The van der Waals surface area contributed by atoms with Crippen LogP contribution in [0.5, 0.6) is 0 Å². The summed E-state index contributed by atoms with van der Waals surface area (Å²) < 4.78 is 4.95. The van der Waals surface area contributed by atoms with Crippen LogP contribution in [0.3, 0.4) is 0 Å². The van der Waals surface area contributed by atoms with Crippen LogP contribution in [0.15, 0.2) is 51.7 Å². The van der Waals surface area contributed by atoms with Crippen molar-refractivity contribution in [3.05, 3.63) is 75.3 Å². The van der Waals surface area contributed by atoms with Gasteiger partial charge in [0.1, 0.15) is 11.3 Å². The normalized spacial score (nSPS) is 10.8. The molecular formula is C16H14O3. The van der Waals surface area contributed by atoms with E-state index >= 15 is 0 Å². The Bertz CT molecular complexity index is 679. The van der Waals surface area contributed by atoms with Crippen LogP contribution in [0.2, 0.25) is 0 Å². The summed E-state index contributed by atoms with van der Waals surface area (Å²) in [6.45, 7) is 3.41.